The number of nitrogens with two attached hydrogens (primary N) is 1. The van der Waals surface area contributed by atoms with Crippen LogP contribution >= 0.6 is 12.2 Å². The molecular weight excluding hydrogens is 304 g/mol. The van der Waals surface area contributed by atoms with E-state index in [4.69, 9.17) is 18.0 Å². The Morgan fingerprint density at radius 2 is 2.05 bits per heavy atom. The molecule has 0 spiro atoms. The smallest absolute Gasteiger partial charge is 0.240 e. The summed E-state index contributed by atoms with van der Waals surface area (Å²) in [5, 5.41) is 0. The van der Waals surface area contributed by atoms with Crippen LogP contribution in [0.25, 0.3) is 0 Å². The number of thiocarbonyl (C=S) groups is 1. The highest BCUT2D eigenvalue weighted by atomic mass is 32.2. The molecule has 6 heteroatoms. The van der Waals surface area contributed by atoms with Crippen molar-refractivity contribution in [3.05, 3.63) is 29.8 Å². The van der Waals surface area contributed by atoms with Crippen molar-refractivity contribution < 1.29 is 8.42 Å². The summed E-state index contributed by atoms with van der Waals surface area (Å²) >= 11 is 4.87. The van der Waals surface area contributed by atoms with Gasteiger partial charge >= 0.3 is 0 Å². The molecule has 0 amide bonds. The van der Waals surface area contributed by atoms with Crippen molar-refractivity contribution >= 4 is 27.2 Å². The van der Waals surface area contributed by atoms with Gasteiger partial charge in [-0.2, -0.15) is 0 Å². The van der Waals surface area contributed by atoms with E-state index in [1.165, 1.54) is 31.7 Å². The van der Waals surface area contributed by atoms with Crippen molar-refractivity contribution in [3.63, 3.8) is 0 Å². The minimum absolute atomic E-state index is 0.202. The Labute approximate surface area is 132 Å². The number of rotatable bonds is 7. The van der Waals surface area contributed by atoms with Gasteiger partial charge in [-0.25, -0.2) is 13.1 Å². The SMILES string of the molecule is NC(=S)c1cccc(S(=O)(=O)NCCCC2CCCC2)c1. The summed E-state index contributed by atoms with van der Waals surface area (Å²) in [6.45, 7) is 0.482. The third kappa shape index (κ3) is 4.76. The lowest BCUT2D eigenvalue weighted by Crippen LogP contribution is -2.25. The normalized spacial score (nSPS) is 16.2. The van der Waals surface area contributed by atoms with Crippen LogP contribution in [0.15, 0.2) is 29.2 Å². The lowest BCUT2D eigenvalue weighted by Gasteiger charge is -2.10. The maximum Gasteiger partial charge on any atom is 0.240 e. The summed E-state index contributed by atoms with van der Waals surface area (Å²) in [4.78, 5) is 0.418. The largest absolute Gasteiger partial charge is 0.389 e. The summed E-state index contributed by atoms with van der Waals surface area (Å²) in [6, 6.07) is 6.44. The quantitative estimate of drug-likeness (QED) is 0.597. The first-order valence-electron chi connectivity index (χ1n) is 7.38. The van der Waals surface area contributed by atoms with E-state index in [0.29, 0.717) is 12.1 Å². The lowest BCUT2D eigenvalue weighted by atomic mass is 10.0. The predicted molar refractivity (Wildman–Crippen MR) is 88.7 cm³/mol. The molecule has 0 unspecified atom stereocenters. The van der Waals surface area contributed by atoms with Crippen LogP contribution in [0.1, 0.15) is 44.1 Å². The van der Waals surface area contributed by atoms with Gasteiger partial charge in [0.2, 0.25) is 10.0 Å². The first kappa shape index (κ1) is 16.4. The van der Waals surface area contributed by atoms with Crippen LogP contribution in [0.4, 0.5) is 0 Å². The maximum atomic E-state index is 12.2. The second kappa shape index (κ2) is 7.33. The molecule has 1 aliphatic rings. The molecule has 116 valence electrons. The van der Waals surface area contributed by atoms with E-state index in [9.17, 15) is 8.42 Å². The Morgan fingerprint density at radius 1 is 1.33 bits per heavy atom. The van der Waals surface area contributed by atoms with Crippen LogP contribution in [0.5, 0.6) is 0 Å². The zero-order valence-electron chi connectivity index (χ0n) is 12.0. The Bertz CT molecular complexity index is 593. The van der Waals surface area contributed by atoms with Gasteiger partial charge in [0.05, 0.1) is 4.90 Å². The molecule has 0 atom stereocenters. The zero-order valence-corrected chi connectivity index (χ0v) is 13.7. The van der Waals surface area contributed by atoms with Crippen LogP contribution in [-0.4, -0.2) is 20.0 Å². The number of hydrogen-bond acceptors (Lipinski definition) is 3. The minimum Gasteiger partial charge on any atom is -0.389 e. The predicted octanol–water partition coefficient (Wildman–Crippen LogP) is 2.57. The molecule has 0 saturated heterocycles. The Kier molecular flexibility index (Phi) is 5.72. The van der Waals surface area contributed by atoms with Gasteiger partial charge < -0.3 is 5.73 Å². The first-order valence-corrected chi connectivity index (χ1v) is 9.28. The van der Waals surface area contributed by atoms with Gasteiger partial charge in [-0.1, -0.05) is 50.0 Å². The highest BCUT2D eigenvalue weighted by Gasteiger charge is 2.16. The van der Waals surface area contributed by atoms with Gasteiger partial charge in [-0.05, 0) is 30.9 Å². The molecule has 1 aromatic rings. The van der Waals surface area contributed by atoms with Gasteiger partial charge in [0, 0.05) is 12.1 Å². The van der Waals surface area contributed by atoms with Crippen molar-refractivity contribution in [1.29, 1.82) is 0 Å². The Balaban J connectivity index is 1.88. The van der Waals surface area contributed by atoms with Crippen molar-refractivity contribution in [2.75, 3.05) is 6.54 Å². The second-order valence-corrected chi connectivity index (χ2v) is 7.79. The van der Waals surface area contributed by atoms with E-state index < -0.39 is 10.0 Å². The number of hydrogen-bond donors (Lipinski definition) is 2. The zero-order chi connectivity index (χ0) is 15.3. The summed E-state index contributed by atoms with van der Waals surface area (Å²) in [5.41, 5.74) is 6.10. The van der Waals surface area contributed by atoms with Crippen molar-refractivity contribution in [3.8, 4) is 0 Å². The van der Waals surface area contributed by atoms with Gasteiger partial charge in [0.15, 0.2) is 0 Å². The lowest BCUT2D eigenvalue weighted by molar-refractivity contribution is 0.480. The van der Waals surface area contributed by atoms with Crippen molar-refractivity contribution in [2.24, 2.45) is 11.7 Å². The molecule has 0 aliphatic heterocycles. The third-order valence-corrected chi connectivity index (χ3v) is 5.68. The average Bonchev–Trinajstić information content (AvgIpc) is 2.97. The third-order valence-electron chi connectivity index (χ3n) is 3.98. The molecule has 4 nitrogen and oxygen atoms in total. The van der Waals surface area contributed by atoms with E-state index in [1.54, 1.807) is 18.2 Å². The summed E-state index contributed by atoms with van der Waals surface area (Å²) in [6.07, 6.45) is 7.23. The molecular formula is C15H22N2O2S2. The van der Waals surface area contributed by atoms with E-state index >= 15 is 0 Å². The summed E-state index contributed by atoms with van der Waals surface area (Å²) < 4.78 is 27.1. The van der Waals surface area contributed by atoms with Gasteiger partial charge in [0.25, 0.3) is 0 Å². The first-order chi connectivity index (χ1) is 9.99. The van der Waals surface area contributed by atoms with E-state index in [-0.39, 0.29) is 9.88 Å². The molecule has 1 aromatic carbocycles. The van der Waals surface area contributed by atoms with Crippen LogP contribution in [0.2, 0.25) is 0 Å². The monoisotopic (exact) mass is 326 g/mol. The van der Waals surface area contributed by atoms with Crippen LogP contribution in [0.3, 0.4) is 0 Å². The molecule has 1 aliphatic carbocycles. The molecule has 3 N–H and O–H groups in total. The van der Waals surface area contributed by atoms with E-state index in [2.05, 4.69) is 4.72 Å². The molecule has 21 heavy (non-hydrogen) atoms. The van der Waals surface area contributed by atoms with Crippen molar-refractivity contribution in [1.82, 2.24) is 4.72 Å². The van der Waals surface area contributed by atoms with Gasteiger partial charge in [0.1, 0.15) is 4.99 Å². The topological polar surface area (TPSA) is 72.2 Å². The van der Waals surface area contributed by atoms with Crippen LogP contribution in [-0.2, 0) is 10.0 Å². The fourth-order valence-electron chi connectivity index (χ4n) is 2.80. The average molecular weight is 326 g/mol. The number of sulfonamides is 1. The number of nitrogens with one attached hydrogen (secondary N) is 1. The summed E-state index contributed by atoms with van der Waals surface area (Å²) in [7, 11) is -3.48. The molecule has 0 radical (unpaired) electrons. The molecule has 0 aromatic heterocycles. The molecule has 0 heterocycles. The van der Waals surface area contributed by atoms with Crippen molar-refractivity contribution in [2.45, 2.75) is 43.4 Å². The molecule has 2 rings (SSSR count). The second-order valence-electron chi connectivity index (χ2n) is 5.58. The summed E-state index contributed by atoms with van der Waals surface area (Å²) in [5.74, 6) is 0.785. The highest BCUT2D eigenvalue weighted by molar-refractivity contribution is 7.89. The fraction of sp³-hybridized carbons (Fsp3) is 0.533. The maximum absolute atomic E-state index is 12.2. The van der Waals surface area contributed by atoms with E-state index in [0.717, 1.165) is 18.8 Å². The van der Waals surface area contributed by atoms with E-state index in [1.807, 2.05) is 0 Å². The highest BCUT2D eigenvalue weighted by Crippen LogP contribution is 2.28. The van der Waals surface area contributed by atoms with Crippen LogP contribution in [0, 0.1) is 5.92 Å². The Morgan fingerprint density at radius 3 is 2.71 bits per heavy atom. The van der Waals surface area contributed by atoms with Gasteiger partial charge in [-0.15, -0.1) is 0 Å². The van der Waals surface area contributed by atoms with Gasteiger partial charge in [-0.3, -0.25) is 0 Å². The molecule has 0 bridgehead atoms. The molecule has 1 saturated carbocycles. The number of benzene rings is 1. The molecule has 1 fully saturated rings. The fourth-order valence-corrected chi connectivity index (χ4v) is 4.04. The van der Waals surface area contributed by atoms with Crippen LogP contribution < -0.4 is 10.5 Å². The Hall–Kier alpha value is -0.980. The standard InChI is InChI=1S/C15H22N2O2S2/c16-15(20)13-8-3-9-14(11-13)21(18,19)17-10-4-7-12-5-1-2-6-12/h3,8-9,11-12,17H,1-2,4-7,10H2,(H2,16,20). The minimum atomic E-state index is -3.48.